The highest BCUT2D eigenvalue weighted by Gasteiger charge is 2.19. The first-order valence-corrected chi connectivity index (χ1v) is 6.83. The third-order valence-corrected chi connectivity index (χ3v) is 3.98. The number of aromatic amines is 1. The number of nitrogens with two attached hydrogens (primary N) is 1. The van der Waals surface area contributed by atoms with Crippen LogP contribution in [0.2, 0.25) is 0 Å². The molecule has 0 spiro atoms. The molecule has 0 bridgehead atoms. The van der Waals surface area contributed by atoms with Crippen LogP contribution >= 0.6 is 15.9 Å². The van der Waals surface area contributed by atoms with E-state index in [-0.39, 0.29) is 0 Å². The zero-order valence-electron chi connectivity index (χ0n) is 10.5. The minimum absolute atomic E-state index is 0.414. The van der Waals surface area contributed by atoms with Crippen molar-refractivity contribution in [3.63, 3.8) is 0 Å². The van der Waals surface area contributed by atoms with E-state index in [1.807, 2.05) is 19.1 Å². The lowest BCUT2D eigenvalue weighted by Gasteiger charge is -2.20. The fourth-order valence-corrected chi connectivity index (χ4v) is 2.68. The number of hydrogen-bond acceptors (Lipinski definition) is 4. The first-order chi connectivity index (χ1) is 9.20. The van der Waals surface area contributed by atoms with E-state index in [1.165, 1.54) is 0 Å². The van der Waals surface area contributed by atoms with Crippen molar-refractivity contribution in [1.29, 1.82) is 0 Å². The predicted octanol–water partition coefficient (Wildman–Crippen LogP) is 2.38. The monoisotopic (exact) mass is 323 g/mol. The average molecular weight is 324 g/mol. The molecule has 0 fully saturated rings. The molecule has 6 heteroatoms. The van der Waals surface area contributed by atoms with E-state index < -0.39 is 0 Å². The summed E-state index contributed by atoms with van der Waals surface area (Å²) in [5.41, 5.74) is 9.46. The second-order valence-corrected chi connectivity index (χ2v) is 5.17. The summed E-state index contributed by atoms with van der Waals surface area (Å²) in [5, 5.41) is 7.25. The van der Waals surface area contributed by atoms with Crippen LogP contribution in [0.1, 0.15) is 11.3 Å². The maximum absolute atomic E-state index is 5.65. The average Bonchev–Trinajstić information content (AvgIpc) is 2.79. The summed E-state index contributed by atoms with van der Waals surface area (Å²) in [6, 6.07) is 3.94. The molecular formula is C13H14BrN3O2. The highest BCUT2D eigenvalue weighted by Crippen LogP contribution is 2.39. The summed E-state index contributed by atoms with van der Waals surface area (Å²) in [7, 11) is 0. The van der Waals surface area contributed by atoms with Gasteiger partial charge >= 0.3 is 0 Å². The fourth-order valence-electron chi connectivity index (χ4n) is 2.12. The summed E-state index contributed by atoms with van der Waals surface area (Å²) in [4.78, 5) is 0. The first-order valence-electron chi connectivity index (χ1n) is 6.04. The molecule has 0 saturated heterocycles. The summed E-state index contributed by atoms with van der Waals surface area (Å²) in [5.74, 6) is 1.55. The third kappa shape index (κ3) is 2.11. The Morgan fingerprint density at radius 1 is 1.32 bits per heavy atom. The molecule has 1 aromatic carbocycles. The lowest BCUT2D eigenvalue weighted by atomic mass is 10.0. The number of benzene rings is 1. The van der Waals surface area contributed by atoms with Gasteiger partial charge in [0.05, 0.1) is 10.2 Å². The van der Waals surface area contributed by atoms with Crippen LogP contribution in [0.4, 0.5) is 0 Å². The van der Waals surface area contributed by atoms with Gasteiger partial charge in [-0.2, -0.15) is 5.10 Å². The maximum atomic E-state index is 5.65. The molecule has 3 rings (SSSR count). The Bertz CT molecular complexity index is 625. The van der Waals surface area contributed by atoms with Gasteiger partial charge in [0.15, 0.2) is 11.5 Å². The van der Waals surface area contributed by atoms with E-state index in [4.69, 9.17) is 15.2 Å². The van der Waals surface area contributed by atoms with Gasteiger partial charge in [-0.15, -0.1) is 0 Å². The molecule has 2 heterocycles. The molecule has 0 radical (unpaired) electrons. The molecule has 19 heavy (non-hydrogen) atoms. The number of ether oxygens (including phenoxy) is 2. The Kier molecular flexibility index (Phi) is 3.20. The molecule has 100 valence electrons. The summed E-state index contributed by atoms with van der Waals surface area (Å²) < 4.78 is 12.1. The Morgan fingerprint density at radius 3 is 2.63 bits per heavy atom. The quantitative estimate of drug-likeness (QED) is 0.889. The SMILES string of the molecule is Cc1cc2c(cc1-c1n[nH]c(CN)c1Br)OCCO2. The molecular weight excluding hydrogens is 310 g/mol. The van der Waals surface area contributed by atoms with Gasteiger partial charge in [0.1, 0.15) is 18.9 Å². The standard InChI is InChI=1S/C13H14BrN3O2/c1-7-4-10-11(19-3-2-18-10)5-8(7)13-12(14)9(6-15)16-17-13/h4-5H,2-3,6,15H2,1H3,(H,16,17). The van der Waals surface area contributed by atoms with Gasteiger partial charge in [-0.1, -0.05) is 0 Å². The lowest BCUT2D eigenvalue weighted by molar-refractivity contribution is 0.171. The van der Waals surface area contributed by atoms with Crippen molar-refractivity contribution in [3.05, 3.63) is 27.9 Å². The number of fused-ring (bicyclic) bond motifs is 1. The molecule has 5 nitrogen and oxygen atoms in total. The highest BCUT2D eigenvalue weighted by molar-refractivity contribution is 9.10. The number of hydrogen-bond donors (Lipinski definition) is 2. The van der Waals surface area contributed by atoms with Crippen LogP contribution in [-0.4, -0.2) is 23.4 Å². The molecule has 0 unspecified atom stereocenters. The number of halogens is 1. The van der Waals surface area contributed by atoms with Gasteiger partial charge in [-0.05, 0) is 40.5 Å². The van der Waals surface area contributed by atoms with Crippen LogP contribution in [0.25, 0.3) is 11.3 Å². The Labute approximate surface area is 119 Å². The van der Waals surface area contributed by atoms with E-state index >= 15 is 0 Å². The molecule has 0 aliphatic carbocycles. The number of nitrogens with zero attached hydrogens (tertiary/aromatic N) is 1. The fraction of sp³-hybridized carbons (Fsp3) is 0.308. The Balaban J connectivity index is 2.11. The minimum atomic E-state index is 0.414. The summed E-state index contributed by atoms with van der Waals surface area (Å²) >= 11 is 3.53. The summed E-state index contributed by atoms with van der Waals surface area (Å²) in [6.45, 7) is 3.61. The molecule has 1 aliphatic rings. The molecule has 0 atom stereocenters. The van der Waals surface area contributed by atoms with Crippen molar-refractivity contribution in [3.8, 4) is 22.8 Å². The highest BCUT2D eigenvalue weighted by atomic mass is 79.9. The van der Waals surface area contributed by atoms with Gasteiger partial charge in [0.25, 0.3) is 0 Å². The summed E-state index contributed by atoms with van der Waals surface area (Å²) in [6.07, 6.45) is 0. The van der Waals surface area contributed by atoms with Crippen LogP contribution in [0.3, 0.4) is 0 Å². The normalized spacial score (nSPS) is 13.6. The molecule has 1 aliphatic heterocycles. The topological polar surface area (TPSA) is 73.2 Å². The van der Waals surface area contributed by atoms with E-state index in [1.54, 1.807) is 0 Å². The molecule has 0 saturated carbocycles. The smallest absolute Gasteiger partial charge is 0.162 e. The number of aryl methyl sites for hydroxylation is 1. The zero-order valence-corrected chi connectivity index (χ0v) is 12.1. The zero-order chi connectivity index (χ0) is 13.4. The van der Waals surface area contributed by atoms with Crippen LogP contribution in [0.5, 0.6) is 11.5 Å². The lowest BCUT2D eigenvalue weighted by Crippen LogP contribution is -2.15. The van der Waals surface area contributed by atoms with E-state index in [2.05, 4.69) is 26.1 Å². The van der Waals surface area contributed by atoms with Crippen molar-refractivity contribution in [2.24, 2.45) is 5.73 Å². The number of H-pyrrole nitrogens is 1. The maximum Gasteiger partial charge on any atom is 0.162 e. The van der Waals surface area contributed by atoms with Gasteiger partial charge in [-0.3, -0.25) is 5.10 Å². The second-order valence-electron chi connectivity index (χ2n) is 4.38. The van der Waals surface area contributed by atoms with Crippen LogP contribution in [-0.2, 0) is 6.54 Å². The van der Waals surface area contributed by atoms with Gasteiger partial charge in [-0.25, -0.2) is 0 Å². The number of rotatable bonds is 2. The largest absolute Gasteiger partial charge is 0.486 e. The molecule has 2 aromatic rings. The van der Waals surface area contributed by atoms with Crippen molar-refractivity contribution in [2.75, 3.05) is 13.2 Å². The molecule has 3 N–H and O–H groups in total. The van der Waals surface area contributed by atoms with Crippen molar-refractivity contribution in [1.82, 2.24) is 10.2 Å². The van der Waals surface area contributed by atoms with Crippen molar-refractivity contribution >= 4 is 15.9 Å². The van der Waals surface area contributed by atoms with Crippen LogP contribution < -0.4 is 15.2 Å². The van der Waals surface area contributed by atoms with Gasteiger partial charge < -0.3 is 15.2 Å². The Morgan fingerprint density at radius 2 is 2.00 bits per heavy atom. The number of nitrogens with one attached hydrogen (secondary N) is 1. The first kappa shape index (κ1) is 12.5. The minimum Gasteiger partial charge on any atom is -0.486 e. The van der Waals surface area contributed by atoms with E-state index in [9.17, 15) is 0 Å². The van der Waals surface area contributed by atoms with Gasteiger partial charge in [0.2, 0.25) is 0 Å². The van der Waals surface area contributed by atoms with E-state index in [0.29, 0.717) is 19.8 Å². The van der Waals surface area contributed by atoms with Crippen LogP contribution in [0, 0.1) is 6.92 Å². The number of aromatic nitrogens is 2. The Hall–Kier alpha value is -1.53. The molecule has 1 aromatic heterocycles. The van der Waals surface area contributed by atoms with Gasteiger partial charge in [0, 0.05) is 12.1 Å². The molecule has 0 amide bonds. The van der Waals surface area contributed by atoms with Crippen molar-refractivity contribution in [2.45, 2.75) is 13.5 Å². The third-order valence-electron chi connectivity index (χ3n) is 3.12. The van der Waals surface area contributed by atoms with E-state index in [0.717, 1.165) is 38.5 Å². The predicted molar refractivity (Wildman–Crippen MR) is 75.3 cm³/mol. The second kappa shape index (κ2) is 4.86. The van der Waals surface area contributed by atoms with Crippen molar-refractivity contribution < 1.29 is 9.47 Å². The van der Waals surface area contributed by atoms with Crippen LogP contribution in [0.15, 0.2) is 16.6 Å².